The maximum absolute atomic E-state index is 9.89. The largest absolute Gasteiger partial charge is 1.00 e. The Labute approximate surface area is 582 Å². The molecule has 38 heteroatoms. The van der Waals surface area contributed by atoms with Gasteiger partial charge in [-0.1, -0.05) is 145 Å². The first-order valence-corrected chi connectivity index (χ1v) is 20.7. The van der Waals surface area contributed by atoms with Crippen LogP contribution in [0.2, 0.25) is 0 Å². The summed E-state index contributed by atoms with van der Waals surface area (Å²) in [6.45, 7) is 0. The van der Waals surface area contributed by atoms with E-state index in [1.54, 1.807) is 11.1 Å². The Balaban J connectivity index is -0.0000000565. The quantitative estimate of drug-likeness (QED) is 0.0656. The molecule has 0 amide bonds. The van der Waals surface area contributed by atoms with Gasteiger partial charge in [-0.05, 0) is 81.5 Å². The van der Waals surface area contributed by atoms with Crippen molar-refractivity contribution in [1.29, 1.82) is 0 Å². The van der Waals surface area contributed by atoms with Crippen LogP contribution in [0.5, 0.6) is 0 Å². The first kappa shape index (κ1) is 112. The van der Waals surface area contributed by atoms with Crippen molar-refractivity contribution in [2.24, 2.45) is 0 Å². The summed E-state index contributed by atoms with van der Waals surface area (Å²) in [4.78, 5) is 0. The minimum absolute atomic E-state index is 0. The number of unbranched alkanes of at least 4 members (excludes halogenated alkanes) is 1. The van der Waals surface area contributed by atoms with Crippen LogP contribution in [-0.4, -0.2) is 56.7 Å². The summed E-state index contributed by atoms with van der Waals surface area (Å²) in [6.07, 6.45) is 13.6. The summed E-state index contributed by atoms with van der Waals surface area (Å²) in [6, 6.07) is 44.3. The van der Waals surface area contributed by atoms with Crippen LogP contribution in [0, 0.1) is 0 Å². The van der Waals surface area contributed by atoms with Crippen molar-refractivity contribution in [2.45, 2.75) is 32.1 Å². The van der Waals surface area contributed by atoms with Gasteiger partial charge >= 0.3 is 234 Å². The van der Waals surface area contributed by atoms with Gasteiger partial charge < -0.3 is 86.2 Å². The zero-order valence-corrected chi connectivity index (χ0v) is 57.6. The minimum atomic E-state index is -3.17. The van der Waals surface area contributed by atoms with Crippen molar-refractivity contribution in [3.05, 3.63) is 145 Å². The predicted molar refractivity (Wildman–Crippen MR) is 208 cm³/mol. The van der Waals surface area contributed by atoms with Crippen LogP contribution in [0.1, 0.15) is 32.1 Å². The molecule has 4 aromatic rings. The fraction of sp³-hybridized carbons (Fsp3) is 0.200. The van der Waals surface area contributed by atoms with Crippen molar-refractivity contribution < 1.29 is 320 Å². The average Bonchev–Trinajstić information content (AvgIpc) is 3.84. The van der Waals surface area contributed by atoms with Crippen molar-refractivity contribution in [3.8, 4) is 0 Å². The molecule has 2 bridgehead atoms. The standard InChI is InChI=1S/C28H28P2.C7H8.6BFO2.12Rh/c1-5-15-25(16-6-1)29(26-17-7-2-8-18-26)23-13-14-24-30(27-19-9-3-10-20-27)28-21-11-4-12-22-28;1-2-7-4-3-6(1)5-7;6*2-1(3)4;;;;;;;;;;;;/h1-12,15-22H,13-14,23-24H2;1-2H,3-5H2;;;;;;;;;;;;;;;;;;/q;;6*-2;12*+1. The molecule has 73 heavy (non-hydrogen) atoms. The molecule has 0 N–H and O–H groups in total. The zero-order chi connectivity index (χ0) is 46.6. The summed E-state index contributed by atoms with van der Waals surface area (Å²) in [5, 5.41) is 106. The minimum Gasteiger partial charge on any atom is -0.867 e. The molecule has 0 aromatic heterocycles. The molecule has 0 unspecified atom stereocenters. The Morgan fingerprint density at radius 1 is 0.301 bits per heavy atom. The molecule has 4 aromatic carbocycles. The first-order chi connectivity index (χ1) is 28.8. The monoisotopic (exact) mass is 2130 g/mol. The van der Waals surface area contributed by atoms with E-state index in [0.717, 1.165) is 0 Å². The van der Waals surface area contributed by atoms with Gasteiger partial charge in [0.1, 0.15) is 44.4 Å². The predicted octanol–water partition coefficient (Wildman–Crippen LogP) is -5.99. The summed E-state index contributed by atoms with van der Waals surface area (Å²) in [5.74, 6) is 0. The topological polar surface area (TPSA) is 277 Å². The van der Waals surface area contributed by atoms with Crippen LogP contribution < -0.4 is 81.5 Å². The maximum atomic E-state index is 9.89. The number of allylic oxidation sites excluding steroid dienone is 4. The van der Waals surface area contributed by atoms with Crippen LogP contribution in [0.3, 0.4) is 0 Å². The third-order valence-electron chi connectivity index (χ3n) is 7.06. The molecule has 12 nitrogen and oxygen atoms in total. The second kappa shape index (κ2) is 76.2. The number of hydrogen-bond donors (Lipinski definition) is 0. The summed E-state index contributed by atoms with van der Waals surface area (Å²) >= 11 is 0. The van der Waals surface area contributed by atoms with Crippen LogP contribution >= 0.6 is 15.8 Å². The van der Waals surface area contributed by atoms with E-state index < -0.39 is 44.4 Å². The van der Waals surface area contributed by atoms with Crippen LogP contribution in [0.4, 0.5) is 25.9 Å². The molecular formula is C35H36B6F6O12P2Rh12. The molecule has 0 saturated heterocycles. The third kappa shape index (κ3) is 78.3. The molecule has 1 fully saturated rings. The molecule has 0 spiro atoms. The molecule has 6 rings (SSSR count). The summed E-state index contributed by atoms with van der Waals surface area (Å²) < 4.78 is 59.3. The average molecular weight is 2120 g/mol. The molecule has 0 atom stereocenters. The molecule has 0 radical (unpaired) electrons. The molecule has 2 aliphatic rings. The van der Waals surface area contributed by atoms with Gasteiger partial charge in [-0.25, -0.2) is 0 Å². The fourth-order valence-electron chi connectivity index (χ4n) is 5.10. The molecular weight excluding hydrogens is 2090 g/mol. The number of fused-ring (bicyclic) bond motifs is 2. The summed E-state index contributed by atoms with van der Waals surface area (Å²) in [7, 11) is -19.6. The van der Waals surface area contributed by atoms with E-state index in [1.165, 1.54) is 65.6 Å². The Morgan fingerprint density at radius 3 is 0.562 bits per heavy atom. The van der Waals surface area contributed by atoms with Gasteiger partial charge in [0.2, 0.25) is 0 Å². The van der Waals surface area contributed by atoms with E-state index in [1.807, 2.05) is 0 Å². The normalized spacial score (nSPS) is 9.21. The second-order valence-electron chi connectivity index (χ2n) is 11.3. The Bertz CT molecular complexity index is 1460. The molecule has 1 saturated carbocycles. The van der Waals surface area contributed by atoms with Gasteiger partial charge in [0.15, 0.2) is 0 Å². The number of hydrogen-bond acceptors (Lipinski definition) is 12. The van der Waals surface area contributed by atoms with E-state index in [4.69, 9.17) is 60.3 Å². The summed E-state index contributed by atoms with van der Waals surface area (Å²) in [5.41, 5.74) is 3.30. The van der Waals surface area contributed by atoms with Gasteiger partial charge in [-0.15, -0.1) is 0 Å². The molecule has 426 valence electrons. The third-order valence-corrected chi connectivity index (χ3v) is 12.3. The van der Waals surface area contributed by atoms with E-state index in [-0.39, 0.29) is 250 Å². The van der Waals surface area contributed by atoms with Gasteiger partial charge in [0.05, 0.1) is 0 Å². The molecule has 0 heterocycles. The van der Waals surface area contributed by atoms with E-state index in [2.05, 4.69) is 133 Å². The Kier molecular flexibility index (Phi) is 117. The molecule has 2 aliphatic carbocycles. The van der Waals surface area contributed by atoms with Crippen molar-refractivity contribution in [3.63, 3.8) is 0 Å². The van der Waals surface area contributed by atoms with Crippen molar-refractivity contribution in [2.75, 3.05) is 12.3 Å². The van der Waals surface area contributed by atoms with Crippen LogP contribution in [-0.2, 0) is 234 Å². The first-order valence-electron chi connectivity index (χ1n) is 17.6. The van der Waals surface area contributed by atoms with Crippen molar-refractivity contribution in [1.82, 2.24) is 0 Å². The van der Waals surface area contributed by atoms with Crippen LogP contribution in [0.15, 0.2) is 145 Å². The molecule has 0 aliphatic heterocycles. The van der Waals surface area contributed by atoms with E-state index in [0.29, 0.717) is 0 Å². The van der Waals surface area contributed by atoms with Gasteiger partial charge in [-0.2, -0.15) is 0 Å². The van der Waals surface area contributed by atoms with Crippen molar-refractivity contribution >= 4 is 81.4 Å². The second-order valence-corrected chi connectivity index (χ2v) is 16.0. The fourth-order valence-corrected chi connectivity index (χ4v) is 9.93. The zero-order valence-electron chi connectivity index (χ0n) is 36.2. The number of rotatable bonds is 9. The Hall–Kier alpha value is 4.19. The maximum Gasteiger partial charge on any atom is 1.00 e. The van der Waals surface area contributed by atoms with E-state index in [9.17, 15) is 25.9 Å². The SMILES string of the molecule is C1=C2CCC(=C1)C2.[O-]B([O-])F.[O-]B([O-])F.[O-]B([O-])F.[O-]B([O-])F.[O-]B([O-])F.[O-]B([O-])F.[Rh+].[Rh+].[Rh+].[Rh+].[Rh+].[Rh+].[Rh+].[Rh+].[Rh+].[Rh+].[Rh+].[Rh+].c1ccc(P(CCCCP(c2ccccc2)c2ccccc2)c2ccccc2)cc1. The number of benzene rings is 4. The van der Waals surface area contributed by atoms with Gasteiger partial charge in [0.25, 0.3) is 0 Å². The van der Waals surface area contributed by atoms with E-state index >= 15 is 0 Å². The van der Waals surface area contributed by atoms with Gasteiger partial charge in [0, 0.05) is 0 Å². The number of halogens is 6. The Morgan fingerprint density at radius 2 is 0.452 bits per heavy atom. The van der Waals surface area contributed by atoms with Crippen LogP contribution in [0.25, 0.3) is 0 Å². The van der Waals surface area contributed by atoms with Gasteiger partial charge in [-0.3, -0.25) is 0 Å². The smallest absolute Gasteiger partial charge is 0.867 e.